The smallest absolute Gasteiger partial charge is 0.244 e. The molecule has 5 heteroatoms. The number of halogens is 3. The lowest BCUT2D eigenvalue weighted by Gasteiger charge is -1.99. The Morgan fingerprint density at radius 2 is 1.36 bits per heavy atom. The summed E-state index contributed by atoms with van der Waals surface area (Å²) < 4.78 is 6.62. The van der Waals surface area contributed by atoms with Gasteiger partial charge in [0.25, 0.3) is 0 Å². The van der Waals surface area contributed by atoms with Crippen molar-refractivity contribution in [1.29, 1.82) is 0 Å². The average molecular weight is 487 g/mol. The molecule has 2 nitrogen and oxygen atoms in total. The maximum Gasteiger partial charge on any atom is 0.244 e. The third kappa shape index (κ3) is 4.80. The van der Waals surface area contributed by atoms with Gasteiger partial charge in [-0.15, -0.1) is 0 Å². The molecule has 0 N–H and O–H groups in total. The third-order valence-electron chi connectivity index (χ3n) is 3.30. The van der Waals surface area contributed by atoms with E-state index < -0.39 is 0 Å². The Bertz CT molecular complexity index is 656. The van der Waals surface area contributed by atoms with Crippen LogP contribution < -0.4 is 21.5 Å². The van der Waals surface area contributed by atoms with Crippen LogP contribution >= 0.6 is 31.9 Å². The molecule has 0 radical (unpaired) electrons. The molecule has 114 valence electrons. The molecule has 22 heavy (non-hydrogen) atoms. The molecule has 0 fully saturated rings. The van der Waals surface area contributed by atoms with E-state index in [0.29, 0.717) is 0 Å². The lowest BCUT2D eigenvalue weighted by atomic mass is 10.2. The summed E-state index contributed by atoms with van der Waals surface area (Å²) in [7, 11) is 0. The second kappa shape index (κ2) is 8.09. The summed E-state index contributed by atoms with van der Waals surface area (Å²) in [6.45, 7) is 1.78. The van der Waals surface area contributed by atoms with E-state index in [0.717, 1.165) is 22.0 Å². The van der Waals surface area contributed by atoms with Crippen molar-refractivity contribution in [2.45, 2.75) is 13.1 Å². The Hall–Kier alpha value is -0.910. The van der Waals surface area contributed by atoms with Gasteiger partial charge in [-0.05, 0) is 35.4 Å². The molecule has 3 rings (SSSR count). The molecule has 1 aromatic heterocycles. The van der Waals surface area contributed by atoms with Crippen LogP contribution in [0.1, 0.15) is 11.1 Å². The van der Waals surface area contributed by atoms with Crippen LogP contribution in [0.5, 0.6) is 0 Å². The Balaban J connectivity index is 0.00000176. The number of hydrogen-bond donors (Lipinski definition) is 0. The monoisotopic (exact) mass is 484 g/mol. The minimum Gasteiger partial charge on any atom is -1.00 e. The predicted octanol–water partition coefficient (Wildman–Crippen LogP) is 1.40. The molecule has 0 saturated carbocycles. The van der Waals surface area contributed by atoms with E-state index in [9.17, 15) is 0 Å². The van der Waals surface area contributed by atoms with Crippen molar-refractivity contribution < 1.29 is 21.5 Å². The van der Waals surface area contributed by atoms with E-state index in [1.807, 2.05) is 0 Å². The van der Waals surface area contributed by atoms with Crippen LogP contribution in [-0.2, 0) is 13.1 Å². The summed E-state index contributed by atoms with van der Waals surface area (Å²) >= 11 is 6.93. The molecule has 0 aliphatic heterocycles. The fraction of sp³-hybridized carbons (Fsp3) is 0.118. The summed E-state index contributed by atoms with van der Waals surface area (Å²) in [5.41, 5.74) is 2.59. The van der Waals surface area contributed by atoms with Crippen LogP contribution in [0.4, 0.5) is 0 Å². The summed E-state index contributed by atoms with van der Waals surface area (Å²) in [6.07, 6.45) is 6.37. The maximum atomic E-state index is 3.46. The van der Waals surface area contributed by atoms with Gasteiger partial charge in [-0.3, -0.25) is 0 Å². The van der Waals surface area contributed by atoms with E-state index in [1.165, 1.54) is 11.1 Å². The summed E-state index contributed by atoms with van der Waals surface area (Å²) in [5.74, 6) is 0. The van der Waals surface area contributed by atoms with Crippen molar-refractivity contribution in [1.82, 2.24) is 4.57 Å². The van der Waals surface area contributed by atoms with Gasteiger partial charge < -0.3 is 17.0 Å². The van der Waals surface area contributed by atoms with Crippen molar-refractivity contribution in [2.24, 2.45) is 0 Å². The van der Waals surface area contributed by atoms with Gasteiger partial charge in [0, 0.05) is 8.95 Å². The second-order valence-electron chi connectivity index (χ2n) is 5.01. The van der Waals surface area contributed by atoms with Gasteiger partial charge in [-0.2, -0.15) is 0 Å². The van der Waals surface area contributed by atoms with E-state index in [2.05, 4.69) is 108 Å². The van der Waals surface area contributed by atoms with Crippen LogP contribution in [0.15, 0.2) is 76.2 Å². The molecule has 0 amide bonds. The SMILES string of the molecule is Brc1ccc(Cn2cc[n+](Cc3ccc(Br)cc3)c2)cc1.[Br-]. The Morgan fingerprint density at radius 1 is 0.818 bits per heavy atom. The number of aromatic nitrogens is 2. The largest absolute Gasteiger partial charge is 1.00 e. The van der Waals surface area contributed by atoms with Crippen LogP contribution in [0.25, 0.3) is 0 Å². The average Bonchev–Trinajstić information content (AvgIpc) is 2.91. The molecule has 2 aromatic carbocycles. The molecule has 0 aliphatic carbocycles. The van der Waals surface area contributed by atoms with E-state index >= 15 is 0 Å². The molecule has 0 atom stereocenters. The zero-order valence-corrected chi connectivity index (χ0v) is 16.6. The van der Waals surface area contributed by atoms with Crippen molar-refractivity contribution in [3.05, 3.63) is 87.3 Å². The fourth-order valence-corrected chi connectivity index (χ4v) is 2.76. The highest BCUT2D eigenvalue weighted by Gasteiger charge is 2.05. The predicted molar refractivity (Wildman–Crippen MR) is 91.1 cm³/mol. The van der Waals surface area contributed by atoms with E-state index in [4.69, 9.17) is 0 Å². The van der Waals surface area contributed by atoms with Gasteiger partial charge in [0.05, 0.1) is 0 Å². The quantitative estimate of drug-likeness (QED) is 0.493. The molecule has 0 unspecified atom stereocenters. The molecule has 0 spiro atoms. The Morgan fingerprint density at radius 3 is 1.95 bits per heavy atom. The van der Waals surface area contributed by atoms with E-state index in [1.54, 1.807) is 0 Å². The van der Waals surface area contributed by atoms with Gasteiger partial charge in [-0.25, -0.2) is 9.13 Å². The second-order valence-corrected chi connectivity index (χ2v) is 6.84. The molecule has 3 aromatic rings. The number of hydrogen-bond acceptors (Lipinski definition) is 0. The molecule has 0 saturated heterocycles. The fourth-order valence-electron chi connectivity index (χ4n) is 2.23. The van der Waals surface area contributed by atoms with E-state index in [-0.39, 0.29) is 17.0 Å². The van der Waals surface area contributed by atoms with Crippen molar-refractivity contribution in [3.63, 3.8) is 0 Å². The lowest BCUT2D eigenvalue weighted by Crippen LogP contribution is -3.00. The van der Waals surface area contributed by atoms with Gasteiger partial charge >= 0.3 is 0 Å². The van der Waals surface area contributed by atoms with Crippen molar-refractivity contribution >= 4 is 31.9 Å². The van der Waals surface area contributed by atoms with Gasteiger partial charge in [-0.1, -0.05) is 56.1 Å². The topological polar surface area (TPSA) is 8.81 Å². The minimum atomic E-state index is 0. The molecule has 0 bridgehead atoms. The Kier molecular flexibility index (Phi) is 6.41. The van der Waals surface area contributed by atoms with Gasteiger partial charge in [0.15, 0.2) is 0 Å². The first-order chi connectivity index (χ1) is 10.2. The first-order valence-electron chi connectivity index (χ1n) is 6.73. The highest BCUT2D eigenvalue weighted by atomic mass is 79.9. The van der Waals surface area contributed by atoms with Crippen LogP contribution in [0.3, 0.4) is 0 Å². The van der Waals surface area contributed by atoms with Gasteiger partial charge in [0.2, 0.25) is 6.33 Å². The number of benzene rings is 2. The minimum absolute atomic E-state index is 0. The zero-order valence-electron chi connectivity index (χ0n) is 11.8. The highest BCUT2D eigenvalue weighted by molar-refractivity contribution is 9.10. The summed E-state index contributed by atoms with van der Waals surface area (Å²) in [4.78, 5) is 0. The maximum absolute atomic E-state index is 3.46. The van der Waals surface area contributed by atoms with Crippen LogP contribution in [0, 0.1) is 0 Å². The standard InChI is InChI=1S/C17H15Br2N2.BrH/c18-16-5-1-14(2-6-16)11-20-9-10-21(13-20)12-15-3-7-17(19)8-4-15;/h1-10,13H,11-12H2;1H/q+1;/p-1. The first kappa shape index (κ1) is 17.4. The summed E-state index contributed by atoms with van der Waals surface area (Å²) in [6, 6.07) is 16.9. The third-order valence-corrected chi connectivity index (χ3v) is 4.36. The molecule has 1 heterocycles. The van der Waals surface area contributed by atoms with Crippen molar-refractivity contribution in [2.75, 3.05) is 0 Å². The molecular formula is C17H15Br3N2. The number of imidazole rings is 1. The van der Waals surface area contributed by atoms with Crippen LogP contribution in [0.2, 0.25) is 0 Å². The first-order valence-corrected chi connectivity index (χ1v) is 8.31. The molecule has 0 aliphatic rings. The lowest BCUT2D eigenvalue weighted by molar-refractivity contribution is -0.687. The van der Waals surface area contributed by atoms with Crippen molar-refractivity contribution in [3.8, 4) is 0 Å². The Labute approximate surface area is 157 Å². The van der Waals surface area contributed by atoms with Gasteiger partial charge in [0.1, 0.15) is 25.5 Å². The molecular weight excluding hydrogens is 472 g/mol. The number of rotatable bonds is 4. The normalized spacial score (nSPS) is 10.3. The zero-order chi connectivity index (χ0) is 14.7. The highest BCUT2D eigenvalue weighted by Crippen LogP contribution is 2.12. The number of nitrogens with zero attached hydrogens (tertiary/aromatic N) is 2. The van der Waals surface area contributed by atoms with Crippen LogP contribution in [-0.4, -0.2) is 4.57 Å². The summed E-state index contributed by atoms with van der Waals surface area (Å²) in [5, 5.41) is 0.